The molecule has 88 valence electrons. The molecule has 0 aliphatic heterocycles. The van der Waals surface area contributed by atoms with E-state index in [9.17, 15) is 4.79 Å². The third-order valence-corrected chi connectivity index (χ3v) is 2.24. The molecule has 1 rings (SSSR count). The maximum atomic E-state index is 11.0. The van der Waals surface area contributed by atoms with E-state index >= 15 is 0 Å². The van der Waals surface area contributed by atoms with Gasteiger partial charge in [0.25, 0.3) is 0 Å². The van der Waals surface area contributed by atoms with Crippen LogP contribution in [0.25, 0.3) is 0 Å². The second kappa shape index (κ2) is 6.48. The van der Waals surface area contributed by atoms with Gasteiger partial charge in [-0.3, -0.25) is 0 Å². The molecule has 0 bridgehead atoms. The Kier molecular flexibility index (Phi) is 5.25. The zero-order chi connectivity index (χ0) is 12.0. The number of carboxylic acid groups (broad SMARTS) is 1. The van der Waals surface area contributed by atoms with Crippen LogP contribution in [0.4, 0.5) is 0 Å². The number of carboxylic acids is 1. The van der Waals surface area contributed by atoms with Gasteiger partial charge in [0.15, 0.2) is 6.10 Å². The number of hydrogen-bond donors (Lipinski definition) is 2. The Morgan fingerprint density at radius 1 is 1.38 bits per heavy atom. The van der Waals surface area contributed by atoms with Crippen molar-refractivity contribution >= 4 is 17.6 Å². The van der Waals surface area contributed by atoms with Crippen LogP contribution in [0, 0.1) is 0 Å². The molecule has 1 atom stereocenters. The van der Waals surface area contributed by atoms with Gasteiger partial charge in [0.05, 0.1) is 6.61 Å². The summed E-state index contributed by atoms with van der Waals surface area (Å²) >= 11 is 5.70. The van der Waals surface area contributed by atoms with E-state index in [1.165, 1.54) is 0 Å². The van der Waals surface area contributed by atoms with Crippen molar-refractivity contribution in [3.05, 3.63) is 34.9 Å². The van der Waals surface area contributed by atoms with E-state index in [1.807, 2.05) is 0 Å². The monoisotopic (exact) mass is 244 g/mol. The van der Waals surface area contributed by atoms with E-state index in [4.69, 9.17) is 26.6 Å². The smallest absolute Gasteiger partial charge is 0.337 e. The third-order valence-electron chi connectivity index (χ3n) is 1.98. The molecule has 0 aliphatic carbocycles. The van der Waals surface area contributed by atoms with Crippen LogP contribution in [0.3, 0.4) is 0 Å². The van der Waals surface area contributed by atoms with Gasteiger partial charge in [0.2, 0.25) is 0 Å². The molecule has 0 saturated heterocycles. The van der Waals surface area contributed by atoms with Crippen LogP contribution in [0.15, 0.2) is 24.3 Å². The molecule has 0 fully saturated rings. The van der Waals surface area contributed by atoms with E-state index in [2.05, 4.69) is 0 Å². The van der Waals surface area contributed by atoms with Gasteiger partial charge in [-0.05, 0) is 24.1 Å². The van der Waals surface area contributed by atoms with Crippen molar-refractivity contribution in [3.63, 3.8) is 0 Å². The lowest BCUT2D eigenvalue weighted by atomic mass is 10.1. The van der Waals surface area contributed by atoms with Crippen LogP contribution in [-0.2, 0) is 9.53 Å². The van der Waals surface area contributed by atoms with Gasteiger partial charge in [-0.1, -0.05) is 23.7 Å². The summed E-state index contributed by atoms with van der Waals surface area (Å²) in [7, 11) is 0. The maximum absolute atomic E-state index is 11.0. The second-order valence-corrected chi connectivity index (χ2v) is 3.65. The summed E-state index contributed by atoms with van der Waals surface area (Å²) in [6, 6.07) is 6.45. The number of hydrogen-bond acceptors (Lipinski definition) is 3. The number of aliphatic hydroxyl groups excluding tert-OH is 1. The van der Waals surface area contributed by atoms with Crippen LogP contribution in [0.2, 0.25) is 5.02 Å². The molecule has 0 radical (unpaired) electrons. The summed E-state index contributed by atoms with van der Waals surface area (Å²) in [6.45, 7) is 0.184. The Morgan fingerprint density at radius 3 is 2.50 bits per heavy atom. The van der Waals surface area contributed by atoms with Crippen molar-refractivity contribution in [2.24, 2.45) is 0 Å². The fourth-order valence-electron chi connectivity index (χ4n) is 1.21. The molecule has 0 saturated carbocycles. The topological polar surface area (TPSA) is 66.8 Å². The molecule has 4 nitrogen and oxygen atoms in total. The van der Waals surface area contributed by atoms with Gasteiger partial charge < -0.3 is 14.9 Å². The summed E-state index contributed by atoms with van der Waals surface area (Å²) in [4.78, 5) is 11.0. The van der Waals surface area contributed by atoms with Crippen LogP contribution >= 0.6 is 11.6 Å². The van der Waals surface area contributed by atoms with Crippen molar-refractivity contribution in [2.75, 3.05) is 13.2 Å². The lowest BCUT2D eigenvalue weighted by Crippen LogP contribution is -2.16. The molecule has 2 N–H and O–H groups in total. The molecule has 1 aromatic carbocycles. The van der Waals surface area contributed by atoms with Crippen molar-refractivity contribution in [2.45, 2.75) is 12.5 Å². The zero-order valence-electron chi connectivity index (χ0n) is 8.60. The number of carbonyl (C=O) groups is 1. The largest absolute Gasteiger partial charge is 0.479 e. The number of ether oxygens (including phenoxy) is 1. The first kappa shape index (κ1) is 13.0. The number of aliphatic carboxylic acids is 1. The first-order valence-electron chi connectivity index (χ1n) is 4.86. The summed E-state index contributed by atoms with van der Waals surface area (Å²) in [5.41, 5.74) is 0.537. The first-order valence-corrected chi connectivity index (χ1v) is 5.23. The van der Waals surface area contributed by atoms with Crippen molar-refractivity contribution in [1.82, 2.24) is 0 Å². The van der Waals surface area contributed by atoms with E-state index in [0.29, 0.717) is 17.0 Å². The first-order chi connectivity index (χ1) is 7.65. The minimum absolute atomic E-state index is 0.0209. The Bertz CT molecular complexity index is 336. The van der Waals surface area contributed by atoms with Crippen molar-refractivity contribution in [3.8, 4) is 0 Å². The molecule has 0 spiro atoms. The average Bonchev–Trinajstić information content (AvgIpc) is 2.26. The molecular weight excluding hydrogens is 232 g/mol. The minimum Gasteiger partial charge on any atom is -0.479 e. The summed E-state index contributed by atoms with van der Waals surface area (Å²) in [5, 5.41) is 18.1. The molecule has 0 aliphatic rings. The summed E-state index contributed by atoms with van der Waals surface area (Å²) in [6.07, 6.45) is -0.596. The average molecular weight is 245 g/mol. The molecule has 16 heavy (non-hydrogen) atoms. The van der Waals surface area contributed by atoms with Crippen LogP contribution < -0.4 is 0 Å². The van der Waals surface area contributed by atoms with Gasteiger partial charge in [-0.25, -0.2) is 4.79 Å². The highest BCUT2D eigenvalue weighted by atomic mass is 35.5. The molecule has 0 aromatic heterocycles. The summed E-state index contributed by atoms with van der Waals surface area (Å²) in [5.74, 6) is -1.06. The van der Waals surface area contributed by atoms with Crippen molar-refractivity contribution in [1.29, 1.82) is 0 Å². The highest BCUT2D eigenvalue weighted by Gasteiger charge is 2.19. The summed E-state index contributed by atoms with van der Waals surface area (Å²) < 4.78 is 5.17. The van der Waals surface area contributed by atoms with E-state index in [-0.39, 0.29) is 13.2 Å². The third kappa shape index (κ3) is 3.81. The zero-order valence-corrected chi connectivity index (χ0v) is 9.35. The number of aliphatic hydroxyl groups is 1. The van der Waals surface area contributed by atoms with Crippen molar-refractivity contribution < 1.29 is 19.7 Å². The Balaban J connectivity index is 2.69. The predicted molar refractivity (Wildman–Crippen MR) is 59.5 cm³/mol. The minimum atomic E-state index is -1.06. The Hall–Kier alpha value is -1.10. The molecule has 1 unspecified atom stereocenters. The van der Waals surface area contributed by atoms with E-state index in [0.717, 1.165) is 0 Å². The Morgan fingerprint density at radius 2 is 2.00 bits per heavy atom. The highest BCUT2D eigenvalue weighted by Crippen LogP contribution is 2.20. The maximum Gasteiger partial charge on any atom is 0.337 e. The predicted octanol–water partition coefficient (Wildman–Crippen LogP) is 1.86. The number of rotatable bonds is 6. The molecule has 0 heterocycles. The molecular formula is C11H13ClO4. The number of benzene rings is 1. The molecule has 0 amide bonds. The fourth-order valence-corrected chi connectivity index (χ4v) is 1.34. The van der Waals surface area contributed by atoms with Gasteiger partial charge in [0, 0.05) is 11.6 Å². The standard InChI is InChI=1S/C11H13ClO4/c12-9-4-2-8(3-5-9)10(11(14)15)16-7-1-6-13/h2-5,10,13H,1,6-7H2,(H,14,15). The normalized spacial score (nSPS) is 12.4. The highest BCUT2D eigenvalue weighted by molar-refractivity contribution is 6.30. The van der Waals surface area contributed by atoms with Gasteiger partial charge in [-0.15, -0.1) is 0 Å². The van der Waals surface area contributed by atoms with Gasteiger partial charge >= 0.3 is 5.97 Å². The molecule has 1 aromatic rings. The molecule has 5 heteroatoms. The van der Waals surface area contributed by atoms with Gasteiger partial charge in [-0.2, -0.15) is 0 Å². The van der Waals surface area contributed by atoms with E-state index < -0.39 is 12.1 Å². The fraction of sp³-hybridized carbons (Fsp3) is 0.364. The lowest BCUT2D eigenvalue weighted by molar-refractivity contribution is -0.151. The quantitative estimate of drug-likeness (QED) is 0.750. The van der Waals surface area contributed by atoms with Crippen LogP contribution in [0.5, 0.6) is 0 Å². The second-order valence-electron chi connectivity index (χ2n) is 3.22. The Labute approximate surface area is 98.4 Å². The van der Waals surface area contributed by atoms with E-state index in [1.54, 1.807) is 24.3 Å². The van der Waals surface area contributed by atoms with Crippen LogP contribution in [0.1, 0.15) is 18.1 Å². The van der Waals surface area contributed by atoms with Gasteiger partial charge in [0.1, 0.15) is 0 Å². The lowest BCUT2D eigenvalue weighted by Gasteiger charge is -2.13. The SMILES string of the molecule is O=C(O)C(OCCCO)c1ccc(Cl)cc1. The number of halogens is 1. The van der Waals surface area contributed by atoms with Crippen LogP contribution in [-0.4, -0.2) is 29.4 Å².